The number of nitrogens with zero attached hydrogens (tertiary/aromatic N) is 1. The van der Waals surface area contributed by atoms with Crippen molar-refractivity contribution in [2.75, 3.05) is 26.7 Å². The van der Waals surface area contributed by atoms with Gasteiger partial charge in [-0.2, -0.15) is 0 Å². The fourth-order valence-electron chi connectivity index (χ4n) is 2.70. The minimum atomic E-state index is -0.352. The Labute approximate surface area is 114 Å². The summed E-state index contributed by atoms with van der Waals surface area (Å²) in [6.45, 7) is 2.69. The Kier molecular flexibility index (Phi) is 5.88. The number of hydrogen-bond acceptors (Lipinski definition) is 4. The molecule has 2 heterocycles. The van der Waals surface area contributed by atoms with E-state index in [4.69, 9.17) is 4.74 Å². The minimum absolute atomic E-state index is 0. The summed E-state index contributed by atoms with van der Waals surface area (Å²) in [6, 6.07) is -0.352. The van der Waals surface area contributed by atoms with Crippen molar-refractivity contribution >= 4 is 24.3 Å². The molecular weight excluding hydrogens is 256 g/mol. The molecule has 2 aliphatic heterocycles. The van der Waals surface area contributed by atoms with Crippen LogP contribution in [0.5, 0.6) is 0 Å². The van der Waals surface area contributed by atoms with Gasteiger partial charge in [-0.3, -0.25) is 4.79 Å². The molecule has 5 nitrogen and oxygen atoms in total. The minimum Gasteiger partial charge on any atom is -0.467 e. The van der Waals surface area contributed by atoms with Gasteiger partial charge < -0.3 is 15.0 Å². The number of rotatable bonds is 3. The molecule has 0 bridgehead atoms. The zero-order chi connectivity index (χ0) is 12.3. The molecule has 0 spiro atoms. The number of nitrogens with one attached hydrogen (secondary N) is 1. The van der Waals surface area contributed by atoms with E-state index in [1.165, 1.54) is 7.11 Å². The van der Waals surface area contributed by atoms with Crippen LogP contribution in [-0.4, -0.2) is 49.6 Å². The van der Waals surface area contributed by atoms with Gasteiger partial charge in [-0.15, -0.1) is 12.4 Å². The summed E-state index contributed by atoms with van der Waals surface area (Å²) in [4.78, 5) is 25.1. The number of ether oxygens (including phenoxy) is 1. The molecule has 18 heavy (non-hydrogen) atoms. The van der Waals surface area contributed by atoms with E-state index >= 15 is 0 Å². The van der Waals surface area contributed by atoms with Crippen molar-refractivity contribution < 1.29 is 14.3 Å². The third-order valence-corrected chi connectivity index (χ3v) is 3.66. The van der Waals surface area contributed by atoms with Gasteiger partial charge in [-0.05, 0) is 38.3 Å². The number of amides is 1. The third kappa shape index (κ3) is 3.36. The molecular formula is C12H21ClN2O3. The molecule has 1 N–H and O–H groups in total. The number of likely N-dealkylation sites (tertiary alicyclic amines) is 1. The Morgan fingerprint density at radius 3 is 2.89 bits per heavy atom. The topological polar surface area (TPSA) is 58.6 Å². The molecule has 2 saturated heterocycles. The van der Waals surface area contributed by atoms with Gasteiger partial charge in [0.2, 0.25) is 5.91 Å². The van der Waals surface area contributed by atoms with Gasteiger partial charge in [0, 0.05) is 13.0 Å². The standard InChI is InChI=1S/C12H20N2O3.ClH/c1-17-12(16)10-4-5-11(15)14(10)8-9-3-2-6-13-7-9;/h9-10,13H,2-8H2,1H3;1H. The van der Waals surface area contributed by atoms with Crippen LogP contribution in [-0.2, 0) is 14.3 Å². The van der Waals surface area contributed by atoms with Crippen LogP contribution in [0, 0.1) is 5.92 Å². The summed E-state index contributed by atoms with van der Waals surface area (Å²) in [5.41, 5.74) is 0. The van der Waals surface area contributed by atoms with Crippen molar-refractivity contribution in [1.82, 2.24) is 10.2 Å². The van der Waals surface area contributed by atoms with Crippen LogP contribution in [0.3, 0.4) is 0 Å². The second kappa shape index (κ2) is 6.95. The third-order valence-electron chi connectivity index (χ3n) is 3.66. The van der Waals surface area contributed by atoms with Gasteiger partial charge in [-0.1, -0.05) is 0 Å². The Balaban J connectivity index is 0.00000162. The largest absolute Gasteiger partial charge is 0.467 e. The number of halogens is 1. The van der Waals surface area contributed by atoms with Gasteiger partial charge in [0.15, 0.2) is 0 Å². The summed E-state index contributed by atoms with van der Waals surface area (Å²) in [5.74, 6) is 0.281. The Hall–Kier alpha value is -0.810. The van der Waals surface area contributed by atoms with Gasteiger partial charge in [-0.25, -0.2) is 4.79 Å². The maximum Gasteiger partial charge on any atom is 0.328 e. The Morgan fingerprint density at radius 2 is 2.28 bits per heavy atom. The second-order valence-corrected chi connectivity index (χ2v) is 4.84. The average Bonchev–Trinajstić information content (AvgIpc) is 2.72. The summed E-state index contributed by atoms with van der Waals surface area (Å²) >= 11 is 0. The van der Waals surface area contributed by atoms with Crippen LogP contribution in [0.2, 0.25) is 0 Å². The highest BCUT2D eigenvalue weighted by molar-refractivity contribution is 5.88. The number of carbonyl (C=O) groups is 2. The molecule has 2 fully saturated rings. The van der Waals surface area contributed by atoms with E-state index in [-0.39, 0.29) is 30.3 Å². The molecule has 0 aromatic rings. The first-order valence-corrected chi connectivity index (χ1v) is 6.30. The zero-order valence-electron chi connectivity index (χ0n) is 10.7. The number of piperidine rings is 1. The molecule has 2 unspecified atom stereocenters. The van der Waals surface area contributed by atoms with Crippen molar-refractivity contribution in [2.24, 2.45) is 5.92 Å². The van der Waals surface area contributed by atoms with Gasteiger partial charge in [0.1, 0.15) is 6.04 Å². The van der Waals surface area contributed by atoms with Gasteiger partial charge in [0.25, 0.3) is 0 Å². The van der Waals surface area contributed by atoms with E-state index in [2.05, 4.69) is 5.32 Å². The molecule has 6 heteroatoms. The zero-order valence-corrected chi connectivity index (χ0v) is 11.5. The molecule has 0 radical (unpaired) electrons. The first-order valence-electron chi connectivity index (χ1n) is 6.30. The van der Waals surface area contributed by atoms with E-state index in [0.29, 0.717) is 25.3 Å². The predicted molar refractivity (Wildman–Crippen MR) is 69.6 cm³/mol. The fourth-order valence-corrected chi connectivity index (χ4v) is 2.70. The number of esters is 1. The molecule has 0 aromatic carbocycles. The normalized spacial score (nSPS) is 27.8. The van der Waals surface area contributed by atoms with Crippen molar-refractivity contribution in [3.63, 3.8) is 0 Å². The van der Waals surface area contributed by atoms with Gasteiger partial charge >= 0.3 is 5.97 Å². The lowest BCUT2D eigenvalue weighted by Crippen LogP contribution is -2.45. The van der Waals surface area contributed by atoms with Crippen LogP contribution in [0.1, 0.15) is 25.7 Å². The summed E-state index contributed by atoms with van der Waals surface area (Å²) < 4.78 is 4.75. The molecule has 0 saturated carbocycles. The molecule has 2 aliphatic rings. The lowest BCUT2D eigenvalue weighted by molar-refractivity contribution is -0.149. The Morgan fingerprint density at radius 1 is 1.50 bits per heavy atom. The van der Waals surface area contributed by atoms with E-state index in [9.17, 15) is 9.59 Å². The highest BCUT2D eigenvalue weighted by Crippen LogP contribution is 2.23. The second-order valence-electron chi connectivity index (χ2n) is 4.84. The quantitative estimate of drug-likeness (QED) is 0.766. The lowest BCUT2D eigenvalue weighted by Gasteiger charge is -2.30. The van der Waals surface area contributed by atoms with E-state index in [0.717, 1.165) is 25.9 Å². The number of hydrogen-bond donors (Lipinski definition) is 1. The smallest absolute Gasteiger partial charge is 0.328 e. The van der Waals surface area contributed by atoms with Crippen LogP contribution >= 0.6 is 12.4 Å². The monoisotopic (exact) mass is 276 g/mol. The van der Waals surface area contributed by atoms with Gasteiger partial charge in [0.05, 0.1) is 7.11 Å². The van der Waals surface area contributed by atoms with Crippen LogP contribution in [0.4, 0.5) is 0 Å². The van der Waals surface area contributed by atoms with E-state index < -0.39 is 0 Å². The van der Waals surface area contributed by atoms with Crippen molar-refractivity contribution in [3.05, 3.63) is 0 Å². The summed E-state index contributed by atoms with van der Waals surface area (Å²) in [5, 5.41) is 3.33. The molecule has 0 aromatic heterocycles. The SMILES string of the molecule is COC(=O)C1CCC(=O)N1CC1CCCNC1.Cl. The van der Waals surface area contributed by atoms with Crippen LogP contribution in [0.15, 0.2) is 0 Å². The van der Waals surface area contributed by atoms with E-state index in [1.807, 2.05) is 0 Å². The summed E-state index contributed by atoms with van der Waals surface area (Å²) in [6.07, 6.45) is 3.35. The van der Waals surface area contributed by atoms with Crippen molar-refractivity contribution in [2.45, 2.75) is 31.7 Å². The number of methoxy groups -OCH3 is 1. The Bertz CT molecular complexity index is 306. The number of carbonyl (C=O) groups excluding carboxylic acids is 2. The maximum absolute atomic E-state index is 11.8. The summed E-state index contributed by atoms with van der Waals surface area (Å²) in [7, 11) is 1.38. The molecule has 2 atom stereocenters. The lowest BCUT2D eigenvalue weighted by atomic mass is 9.99. The predicted octanol–water partition coefficient (Wildman–Crippen LogP) is 0.572. The maximum atomic E-state index is 11.8. The van der Waals surface area contributed by atoms with Crippen molar-refractivity contribution in [1.29, 1.82) is 0 Å². The molecule has 2 rings (SSSR count). The first-order chi connectivity index (χ1) is 8.22. The highest BCUT2D eigenvalue weighted by atomic mass is 35.5. The molecule has 0 aliphatic carbocycles. The van der Waals surface area contributed by atoms with E-state index in [1.54, 1.807) is 4.90 Å². The van der Waals surface area contributed by atoms with Crippen LogP contribution in [0.25, 0.3) is 0 Å². The first kappa shape index (κ1) is 15.2. The highest BCUT2D eigenvalue weighted by Gasteiger charge is 2.37. The molecule has 104 valence electrons. The average molecular weight is 277 g/mol. The van der Waals surface area contributed by atoms with Crippen LogP contribution < -0.4 is 5.32 Å². The fraction of sp³-hybridized carbons (Fsp3) is 0.833. The van der Waals surface area contributed by atoms with Crippen molar-refractivity contribution in [3.8, 4) is 0 Å². The molecule has 1 amide bonds.